The minimum Gasteiger partial charge on any atom is -0.492 e. The summed E-state index contributed by atoms with van der Waals surface area (Å²) in [4.78, 5) is 19.4. The number of carbonyl (C=O) groups excluding carboxylic acids is 1. The number of carbonyl (C=O) groups is 1. The standard InChI is InChI=1S/C27H27FN4O4/c1-35-26-21(32-19-11-13-30-25-17(19)6-9-22(25)33)8-7-20(23(26)28)29-12-10-15-14-31-24-16(15)4-3-5-18(24)27(34)36-2/h3-5,7-8,11,13-14,22,29,31,33H,6,9-10,12H2,1-2H3,(H,30,32). The molecular weight excluding hydrogens is 463 g/mol. The van der Waals surface area contributed by atoms with Gasteiger partial charge in [-0.25, -0.2) is 9.18 Å². The maximum atomic E-state index is 15.3. The first-order chi connectivity index (χ1) is 17.5. The topological polar surface area (TPSA) is 108 Å². The van der Waals surface area contributed by atoms with Crippen LogP contribution < -0.4 is 15.4 Å². The van der Waals surface area contributed by atoms with Crippen molar-refractivity contribution in [2.45, 2.75) is 25.4 Å². The second-order valence-corrected chi connectivity index (χ2v) is 8.62. The number of anilines is 3. The van der Waals surface area contributed by atoms with E-state index in [-0.39, 0.29) is 5.75 Å². The molecule has 1 unspecified atom stereocenters. The molecule has 0 saturated carbocycles. The van der Waals surface area contributed by atoms with Crippen LogP contribution in [-0.4, -0.2) is 41.8 Å². The Balaban J connectivity index is 1.31. The van der Waals surface area contributed by atoms with E-state index in [1.54, 1.807) is 24.4 Å². The number of aliphatic hydroxyl groups excluding tert-OH is 1. The molecule has 0 fully saturated rings. The Morgan fingerprint density at radius 2 is 2.03 bits per heavy atom. The Bertz CT molecular complexity index is 1440. The van der Waals surface area contributed by atoms with Crippen LogP contribution in [-0.2, 0) is 17.6 Å². The number of hydrogen-bond donors (Lipinski definition) is 4. The minimum atomic E-state index is -0.573. The molecule has 36 heavy (non-hydrogen) atoms. The first-order valence-corrected chi connectivity index (χ1v) is 11.7. The maximum absolute atomic E-state index is 15.3. The molecule has 0 spiro atoms. The second kappa shape index (κ2) is 9.87. The third-order valence-electron chi connectivity index (χ3n) is 6.56. The number of methoxy groups -OCH3 is 2. The number of aliphatic hydroxyl groups is 1. The summed E-state index contributed by atoms with van der Waals surface area (Å²) < 4.78 is 25.6. The largest absolute Gasteiger partial charge is 0.492 e. The zero-order valence-corrected chi connectivity index (χ0v) is 20.0. The second-order valence-electron chi connectivity index (χ2n) is 8.62. The number of pyridine rings is 1. The molecule has 4 aromatic rings. The molecule has 1 aliphatic rings. The van der Waals surface area contributed by atoms with Crippen LogP contribution in [0.15, 0.2) is 48.8 Å². The molecule has 2 aromatic carbocycles. The van der Waals surface area contributed by atoms with Gasteiger partial charge in [-0.3, -0.25) is 4.98 Å². The fraction of sp³-hybridized carbons (Fsp3) is 0.259. The number of rotatable bonds is 8. The molecule has 0 aliphatic heterocycles. The van der Waals surface area contributed by atoms with Gasteiger partial charge in [0.2, 0.25) is 0 Å². The molecule has 0 radical (unpaired) electrons. The summed E-state index contributed by atoms with van der Waals surface area (Å²) in [6, 6.07) is 10.7. The van der Waals surface area contributed by atoms with E-state index >= 15 is 4.39 Å². The van der Waals surface area contributed by atoms with Gasteiger partial charge in [0.05, 0.1) is 48.5 Å². The zero-order valence-electron chi connectivity index (χ0n) is 20.0. The van der Waals surface area contributed by atoms with Crippen molar-refractivity contribution in [2.75, 3.05) is 31.4 Å². The van der Waals surface area contributed by atoms with Crippen LogP contribution in [0.3, 0.4) is 0 Å². The van der Waals surface area contributed by atoms with Crippen molar-refractivity contribution < 1.29 is 23.8 Å². The Hall–Kier alpha value is -4.11. The minimum absolute atomic E-state index is 0.0962. The van der Waals surface area contributed by atoms with Crippen LogP contribution in [0.1, 0.15) is 39.7 Å². The number of halogens is 1. The highest BCUT2D eigenvalue weighted by atomic mass is 19.1. The Labute approximate surface area is 207 Å². The van der Waals surface area contributed by atoms with E-state index in [0.717, 1.165) is 27.7 Å². The van der Waals surface area contributed by atoms with Crippen molar-refractivity contribution in [3.63, 3.8) is 0 Å². The number of nitrogens with one attached hydrogen (secondary N) is 3. The molecule has 0 bridgehead atoms. The lowest BCUT2D eigenvalue weighted by Gasteiger charge is -2.17. The highest BCUT2D eigenvalue weighted by Gasteiger charge is 2.25. The lowest BCUT2D eigenvalue weighted by atomic mass is 10.1. The van der Waals surface area contributed by atoms with E-state index in [4.69, 9.17) is 9.47 Å². The van der Waals surface area contributed by atoms with Crippen molar-refractivity contribution in [1.29, 1.82) is 0 Å². The van der Waals surface area contributed by atoms with Crippen LogP contribution in [0.2, 0.25) is 0 Å². The van der Waals surface area contributed by atoms with E-state index < -0.39 is 17.9 Å². The van der Waals surface area contributed by atoms with Gasteiger partial charge in [-0.15, -0.1) is 0 Å². The number of hydrogen-bond acceptors (Lipinski definition) is 7. The van der Waals surface area contributed by atoms with Gasteiger partial charge in [0, 0.05) is 30.0 Å². The van der Waals surface area contributed by atoms with Gasteiger partial charge >= 0.3 is 5.97 Å². The summed E-state index contributed by atoms with van der Waals surface area (Å²) in [6.07, 6.45) is 4.84. The van der Waals surface area contributed by atoms with Crippen molar-refractivity contribution in [3.05, 3.63) is 77.0 Å². The number of aromatic amines is 1. The number of benzene rings is 2. The summed E-state index contributed by atoms with van der Waals surface area (Å²) in [7, 11) is 2.78. The van der Waals surface area contributed by atoms with Crippen LogP contribution >= 0.6 is 0 Å². The van der Waals surface area contributed by atoms with Crippen LogP contribution in [0.25, 0.3) is 10.9 Å². The number of H-pyrrole nitrogens is 1. The van der Waals surface area contributed by atoms with Crippen LogP contribution in [0.4, 0.5) is 21.5 Å². The molecule has 2 heterocycles. The van der Waals surface area contributed by atoms with E-state index in [9.17, 15) is 9.90 Å². The molecule has 0 amide bonds. The molecule has 0 saturated heterocycles. The molecule has 186 valence electrons. The first kappa shape index (κ1) is 23.6. The average Bonchev–Trinajstić information content (AvgIpc) is 3.49. The fourth-order valence-electron chi connectivity index (χ4n) is 4.76. The van der Waals surface area contributed by atoms with Gasteiger partial charge in [-0.1, -0.05) is 12.1 Å². The normalized spacial score (nSPS) is 14.5. The fourth-order valence-corrected chi connectivity index (χ4v) is 4.76. The van der Waals surface area contributed by atoms with Gasteiger partial charge < -0.3 is 30.2 Å². The smallest absolute Gasteiger partial charge is 0.339 e. The zero-order chi connectivity index (χ0) is 25.2. The number of esters is 1. The number of ether oxygens (including phenoxy) is 2. The number of nitrogens with zero attached hydrogens (tertiary/aromatic N) is 1. The number of aromatic nitrogens is 2. The van der Waals surface area contributed by atoms with E-state index in [0.29, 0.717) is 48.4 Å². The Morgan fingerprint density at radius 3 is 2.83 bits per heavy atom. The maximum Gasteiger partial charge on any atom is 0.339 e. The third-order valence-corrected chi connectivity index (χ3v) is 6.56. The van der Waals surface area contributed by atoms with Crippen molar-refractivity contribution >= 4 is 33.9 Å². The number of para-hydroxylation sites is 1. The summed E-state index contributed by atoms with van der Waals surface area (Å²) in [5, 5.41) is 17.4. The van der Waals surface area contributed by atoms with Crippen molar-refractivity contribution in [1.82, 2.24) is 9.97 Å². The molecule has 5 rings (SSSR count). The van der Waals surface area contributed by atoms with Crippen LogP contribution in [0, 0.1) is 5.82 Å². The summed E-state index contributed by atoms with van der Waals surface area (Å²) >= 11 is 0. The predicted molar refractivity (Wildman–Crippen MR) is 136 cm³/mol. The lowest BCUT2D eigenvalue weighted by Crippen LogP contribution is -2.08. The molecule has 1 aliphatic carbocycles. The van der Waals surface area contributed by atoms with Crippen molar-refractivity contribution in [3.8, 4) is 5.75 Å². The van der Waals surface area contributed by atoms with Gasteiger partial charge in [-0.05, 0) is 54.7 Å². The molecule has 1 atom stereocenters. The predicted octanol–water partition coefficient (Wildman–Crippen LogP) is 4.88. The molecule has 4 N–H and O–H groups in total. The van der Waals surface area contributed by atoms with Gasteiger partial charge in [0.25, 0.3) is 0 Å². The van der Waals surface area contributed by atoms with Gasteiger partial charge in [0.1, 0.15) is 0 Å². The van der Waals surface area contributed by atoms with Crippen molar-refractivity contribution in [2.24, 2.45) is 0 Å². The summed E-state index contributed by atoms with van der Waals surface area (Å²) in [5.74, 6) is -0.804. The monoisotopic (exact) mass is 490 g/mol. The molecule has 9 heteroatoms. The molecular formula is C27H27FN4O4. The molecule has 2 aromatic heterocycles. The number of fused-ring (bicyclic) bond motifs is 2. The Morgan fingerprint density at radius 1 is 1.19 bits per heavy atom. The average molecular weight is 491 g/mol. The lowest BCUT2D eigenvalue weighted by molar-refractivity contribution is 0.0602. The van der Waals surface area contributed by atoms with Crippen LogP contribution in [0.5, 0.6) is 5.75 Å². The molecule has 8 nitrogen and oxygen atoms in total. The van der Waals surface area contributed by atoms with Gasteiger partial charge in [0.15, 0.2) is 11.6 Å². The summed E-state index contributed by atoms with van der Waals surface area (Å²) in [6.45, 7) is 0.470. The highest BCUT2D eigenvalue weighted by Crippen LogP contribution is 2.39. The summed E-state index contributed by atoms with van der Waals surface area (Å²) in [5.41, 5.74) is 5.38. The third kappa shape index (κ3) is 4.22. The SMILES string of the molecule is COC(=O)c1cccc2c(CCNc3ccc(Nc4ccnc5c4CCC5O)c(OC)c3F)c[nH]c12. The Kier molecular flexibility index (Phi) is 6.47. The van der Waals surface area contributed by atoms with Gasteiger partial charge in [-0.2, -0.15) is 0 Å². The first-order valence-electron chi connectivity index (χ1n) is 11.7. The van der Waals surface area contributed by atoms with E-state index in [1.165, 1.54) is 14.2 Å². The highest BCUT2D eigenvalue weighted by molar-refractivity contribution is 6.03. The quantitative estimate of drug-likeness (QED) is 0.261. The van der Waals surface area contributed by atoms with E-state index in [2.05, 4.69) is 20.6 Å². The van der Waals surface area contributed by atoms with E-state index in [1.807, 2.05) is 24.4 Å².